The number of hydrogen-bond donors (Lipinski definition) is 1. The fraction of sp³-hybridized carbons (Fsp3) is 0.545. The molecule has 0 aliphatic carbocycles. The maximum absolute atomic E-state index is 5.49. The van der Waals surface area contributed by atoms with Gasteiger partial charge in [-0.1, -0.05) is 13.8 Å². The average molecular weight is 209 g/mol. The zero-order valence-corrected chi connectivity index (χ0v) is 9.87. The van der Waals surface area contributed by atoms with Crippen LogP contribution in [0.2, 0.25) is 0 Å². The van der Waals surface area contributed by atoms with Crippen molar-refractivity contribution in [1.82, 2.24) is 4.98 Å². The van der Waals surface area contributed by atoms with E-state index in [4.69, 9.17) is 4.74 Å². The van der Waals surface area contributed by atoms with Crippen LogP contribution in [0.15, 0.2) is 12.3 Å². The summed E-state index contributed by atoms with van der Waals surface area (Å²) in [6.45, 7) is 5.64. The second-order valence-electron chi connectivity index (χ2n) is 3.07. The van der Waals surface area contributed by atoms with Gasteiger partial charge in [-0.3, -0.25) is 0 Å². The first kappa shape index (κ1) is 11.6. The Hall–Kier alpha value is -1.45. The Bertz CT molecular complexity index is 315. The molecule has 2 rings (SSSR count). The molecule has 84 valence electrons. The van der Waals surface area contributed by atoms with Crippen LogP contribution in [-0.4, -0.2) is 32.2 Å². The number of hydrogen-bond acceptors (Lipinski definition) is 4. The number of pyridine rings is 1. The number of anilines is 2. The molecule has 0 saturated heterocycles. The molecule has 1 aromatic rings. The summed E-state index contributed by atoms with van der Waals surface area (Å²) in [5.41, 5.74) is 0.981. The fourth-order valence-electron chi connectivity index (χ4n) is 1.37. The smallest absolute Gasteiger partial charge is 0.171 e. The van der Waals surface area contributed by atoms with Crippen molar-refractivity contribution in [2.24, 2.45) is 0 Å². The largest absolute Gasteiger partial charge is 0.488 e. The molecule has 4 nitrogen and oxygen atoms in total. The third kappa shape index (κ3) is 2.52. The molecule has 0 radical (unpaired) electrons. The second kappa shape index (κ2) is 5.44. The molecule has 1 N–H and O–H groups in total. The van der Waals surface area contributed by atoms with E-state index < -0.39 is 0 Å². The molecule has 0 bridgehead atoms. The molecule has 1 aliphatic heterocycles. The number of nitrogens with one attached hydrogen (secondary N) is 1. The fourth-order valence-corrected chi connectivity index (χ4v) is 1.37. The van der Waals surface area contributed by atoms with Gasteiger partial charge in [0.05, 0.1) is 18.4 Å². The normalized spacial score (nSPS) is 13.2. The maximum atomic E-state index is 5.49. The molecule has 0 saturated carbocycles. The lowest BCUT2D eigenvalue weighted by molar-refractivity contribution is 0.309. The average Bonchev–Trinajstić information content (AvgIpc) is 2.31. The number of fused-ring (bicyclic) bond motifs is 1. The summed E-state index contributed by atoms with van der Waals surface area (Å²) in [6, 6.07) is 1.97. The van der Waals surface area contributed by atoms with Crippen LogP contribution in [0.1, 0.15) is 13.8 Å². The van der Waals surface area contributed by atoms with Gasteiger partial charge in [-0.25, -0.2) is 4.98 Å². The second-order valence-corrected chi connectivity index (χ2v) is 3.07. The maximum Gasteiger partial charge on any atom is 0.171 e. The van der Waals surface area contributed by atoms with E-state index in [1.165, 1.54) is 0 Å². The molecule has 1 aliphatic rings. The molecular weight excluding hydrogens is 190 g/mol. The summed E-state index contributed by atoms with van der Waals surface area (Å²) in [5.74, 6) is 1.78. The van der Waals surface area contributed by atoms with Crippen molar-refractivity contribution in [2.45, 2.75) is 13.8 Å². The highest BCUT2D eigenvalue weighted by molar-refractivity contribution is 5.59. The van der Waals surface area contributed by atoms with Crippen molar-refractivity contribution in [2.75, 3.05) is 37.5 Å². The van der Waals surface area contributed by atoms with E-state index in [1.54, 1.807) is 0 Å². The quantitative estimate of drug-likeness (QED) is 0.767. The van der Waals surface area contributed by atoms with Gasteiger partial charge in [0.15, 0.2) is 11.6 Å². The lowest BCUT2D eigenvalue weighted by Crippen LogP contribution is -2.29. The van der Waals surface area contributed by atoms with Gasteiger partial charge in [0, 0.05) is 20.2 Å². The summed E-state index contributed by atoms with van der Waals surface area (Å²) in [5, 5.41) is 3.03. The third-order valence-electron chi connectivity index (χ3n) is 2.17. The summed E-state index contributed by atoms with van der Waals surface area (Å²) >= 11 is 0. The van der Waals surface area contributed by atoms with Crippen LogP contribution in [0, 0.1) is 0 Å². The molecule has 0 unspecified atom stereocenters. The summed E-state index contributed by atoms with van der Waals surface area (Å²) in [4.78, 5) is 6.40. The van der Waals surface area contributed by atoms with Crippen LogP contribution in [-0.2, 0) is 0 Å². The van der Waals surface area contributed by atoms with Crippen LogP contribution in [0.5, 0.6) is 5.75 Å². The van der Waals surface area contributed by atoms with Gasteiger partial charge >= 0.3 is 0 Å². The van der Waals surface area contributed by atoms with E-state index in [0.29, 0.717) is 0 Å². The molecule has 0 amide bonds. The summed E-state index contributed by atoms with van der Waals surface area (Å²) < 4.78 is 5.49. The Kier molecular flexibility index (Phi) is 4.21. The van der Waals surface area contributed by atoms with Gasteiger partial charge in [-0.05, 0) is 0 Å². The van der Waals surface area contributed by atoms with Gasteiger partial charge < -0.3 is 15.0 Å². The number of rotatable bonds is 1. The van der Waals surface area contributed by atoms with Crippen LogP contribution in [0.4, 0.5) is 11.5 Å². The highest BCUT2D eigenvalue weighted by Gasteiger charge is 2.15. The first-order valence-corrected chi connectivity index (χ1v) is 5.33. The molecule has 4 heteroatoms. The molecule has 15 heavy (non-hydrogen) atoms. The first-order valence-electron chi connectivity index (χ1n) is 5.33. The summed E-state index contributed by atoms with van der Waals surface area (Å²) in [7, 11) is 3.89. The Morgan fingerprint density at radius 3 is 2.87 bits per heavy atom. The van der Waals surface area contributed by atoms with E-state index in [9.17, 15) is 0 Å². The van der Waals surface area contributed by atoms with Gasteiger partial charge in [0.2, 0.25) is 0 Å². The Balaban J connectivity index is 0.000000531. The number of likely N-dealkylation sites (N-methyl/N-ethyl adjacent to an activating group) is 1. The topological polar surface area (TPSA) is 37.4 Å². The standard InChI is InChI=1S/C9H13N3O.C2H6/c1-10-7-5-8-9(11-6-7)12(2)3-4-13-8;1-2/h5-6,10H,3-4H2,1-2H3;1-2H3. The monoisotopic (exact) mass is 209 g/mol. The highest BCUT2D eigenvalue weighted by Crippen LogP contribution is 2.30. The van der Waals surface area contributed by atoms with Crippen LogP contribution < -0.4 is 15.0 Å². The van der Waals surface area contributed by atoms with Crippen molar-refractivity contribution in [1.29, 1.82) is 0 Å². The van der Waals surface area contributed by atoms with Crippen LogP contribution in [0.25, 0.3) is 0 Å². The highest BCUT2D eigenvalue weighted by atomic mass is 16.5. The molecule has 0 aromatic carbocycles. The molecule has 0 spiro atoms. The number of nitrogens with zero attached hydrogens (tertiary/aromatic N) is 2. The first-order chi connectivity index (χ1) is 7.31. The molecule has 1 aromatic heterocycles. The zero-order chi connectivity index (χ0) is 11.3. The van der Waals surface area contributed by atoms with E-state index in [1.807, 2.05) is 40.2 Å². The van der Waals surface area contributed by atoms with Gasteiger partial charge in [-0.15, -0.1) is 0 Å². The van der Waals surface area contributed by atoms with Crippen molar-refractivity contribution in [3.8, 4) is 5.75 Å². The van der Waals surface area contributed by atoms with Gasteiger partial charge in [0.25, 0.3) is 0 Å². The molecule has 0 atom stereocenters. The minimum absolute atomic E-state index is 0.734. The zero-order valence-electron chi connectivity index (χ0n) is 9.87. The van der Waals surface area contributed by atoms with Crippen LogP contribution >= 0.6 is 0 Å². The van der Waals surface area contributed by atoms with E-state index in [0.717, 1.165) is 30.4 Å². The molecule has 0 fully saturated rings. The minimum Gasteiger partial charge on any atom is -0.488 e. The van der Waals surface area contributed by atoms with E-state index in [-0.39, 0.29) is 0 Å². The Morgan fingerprint density at radius 2 is 2.20 bits per heavy atom. The van der Waals surface area contributed by atoms with Crippen molar-refractivity contribution in [3.63, 3.8) is 0 Å². The van der Waals surface area contributed by atoms with Crippen molar-refractivity contribution < 1.29 is 4.74 Å². The van der Waals surface area contributed by atoms with E-state index in [2.05, 4.69) is 15.2 Å². The SMILES string of the molecule is CC.CNc1cnc2c(c1)OCCN2C. The predicted octanol–water partition coefficient (Wildman–Crippen LogP) is 1.98. The minimum atomic E-state index is 0.734. The molecular formula is C11H19N3O. The lowest BCUT2D eigenvalue weighted by atomic mass is 10.3. The van der Waals surface area contributed by atoms with Crippen molar-refractivity contribution >= 4 is 11.5 Å². The van der Waals surface area contributed by atoms with E-state index >= 15 is 0 Å². The third-order valence-corrected chi connectivity index (χ3v) is 2.17. The molecule has 2 heterocycles. The lowest BCUT2D eigenvalue weighted by Gasteiger charge is -2.26. The number of ether oxygens (including phenoxy) is 1. The Morgan fingerprint density at radius 1 is 1.47 bits per heavy atom. The predicted molar refractivity (Wildman–Crippen MR) is 63.9 cm³/mol. The number of aromatic nitrogens is 1. The van der Waals surface area contributed by atoms with Crippen molar-refractivity contribution in [3.05, 3.63) is 12.3 Å². The Labute approximate surface area is 91.3 Å². The van der Waals surface area contributed by atoms with Gasteiger partial charge in [0.1, 0.15) is 6.61 Å². The van der Waals surface area contributed by atoms with Gasteiger partial charge in [-0.2, -0.15) is 0 Å². The van der Waals surface area contributed by atoms with Crippen LogP contribution in [0.3, 0.4) is 0 Å². The summed E-state index contributed by atoms with van der Waals surface area (Å²) in [6.07, 6.45) is 1.81.